The number of hydrogen-bond donors (Lipinski definition) is 1. The van der Waals surface area contributed by atoms with Crippen molar-refractivity contribution in [3.05, 3.63) is 29.3 Å². The summed E-state index contributed by atoms with van der Waals surface area (Å²) in [6.45, 7) is 2.14. The molecule has 1 rings (SSSR count). The molecule has 1 N–H and O–H groups in total. The zero-order valence-corrected chi connectivity index (χ0v) is 13.0. The fourth-order valence-corrected chi connectivity index (χ4v) is 2.13. The molecule has 0 aromatic heterocycles. The van der Waals surface area contributed by atoms with Gasteiger partial charge in [-0.3, -0.25) is 0 Å². The summed E-state index contributed by atoms with van der Waals surface area (Å²) in [5.41, 5.74) is 1.24. The summed E-state index contributed by atoms with van der Waals surface area (Å²) in [5, 5.41) is 9.29. The van der Waals surface area contributed by atoms with Crippen molar-refractivity contribution in [1.82, 2.24) is 0 Å². The topological polar surface area (TPSA) is 55.8 Å². The van der Waals surface area contributed by atoms with Crippen molar-refractivity contribution in [1.29, 1.82) is 0 Å². The molecule has 1 aromatic carbocycles. The number of methoxy groups -OCH3 is 2. The molecular weight excluding hydrogens is 268 g/mol. The molecule has 0 saturated carbocycles. The summed E-state index contributed by atoms with van der Waals surface area (Å²) < 4.78 is 10.4. The van der Waals surface area contributed by atoms with E-state index in [1.54, 1.807) is 32.4 Å². The van der Waals surface area contributed by atoms with Crippen molar-refractivity contribution in [2.24, 2.45) is 0 Å². The molecular formula is C17H24O4. The van der Waals surface area contributed by atoms with Gasteiger partial charge in [-0.25, -0.2) is 4.79 Å². The zero-order valence-electron chi connectivity index (χ0n) is 13.0. The number of rotatable bonds is 9. The van der Waals surface area contributed by atoms with Crippen LogP contribution in [0.3, 0.4) is 0 Å². The molecule has 0 spiro atoms. The minimum Gasteiger partial charge on any atom is -0.493 e. The van der Waals surface area contributed by atoms with Gasteiger partial charge in [0.15, 0.2) is 11.5 Å². The molecule has 0 atom stereocenters. The van der Waals surface area contributed by atoms with Crippen LogP contribution in [0.15, 0.2) is 23.8 Å². The summed E-state index contributed by atoms with van der Waals surface area (Å²) in [5.74, 6) is 0.373. The lowest BCUT2D eigenvalue weighted by atomic mass is 10.0. The minimum absolute atomic E-state index is 0.429. The van der Waals surface area contributed by atoms with Crippen molar-refractivity contribution >= 4 is 12.0 Å². The molecule has 116 valence electrons. The Bertz CT molecular complexity index is 492. The smallest absolute Gasteiger partial charge is 0.331 e. The summed E-state index contributed by atoms with van der Waals surface area (Å²) >= 11 is 0. The van der Waals surface area contributed by atoms with Crippen molar-refractivity contribution < 1.29 is 19.4 Å². The van der Waals surface area contributed by atoms with E-state index in [-0.39, 0.29) is 0 Å². The Morgan fingerprint density at radius 3 is 2.43 bits per heavy atom. The van der Waals surface area contributed by atoms with E-state index in [1.807, 2.05) is 6.07 Å². The van der Waals surface area contributed by atoms with Crippen LogP contribution in [-0.4, -0.2) is 25.3 Å². The third-order valence-electron chi connectivity index (χ3n) is 3.32. The van der Waals surface area contributed by atoms with E-state index in [0.29, 0.717) is 23.5 Å². The molecule has 21 heavy (non-hydrogen) atoms. The molecule has 0 bridgehead atoms. The van der Waals surface area contributed by atoms with Gasteiger partial charge in [-0.1, -0.05) is 32.3 Å². The van der Waals surface area contributed by atoms with Gasteiger partial charge < -0.3 is 14.6 Å². The average molecular weight is 292 g/mol. The molecule has 0 aliphatic rings. The number of benzene rings is 1. The summed E-state index contributed by atoms with van der Waals surface area (Å²) in [4.78, 5) is 11.3. The molecule has 0 amide bonds. The third kappa shape index (κ3) is 5.50. The first-order chi connectivity index (χ1) is 10.1. The van der Waals surface area contributed by atoms with Crippen LogP contribution in [0.4, 0.5) is 0 Å². The van der Waals surface area contributed by atoms with Crippen LogP contribution in [0.25, 0.3) is 6.08 Å². The van der Waals surface area contributed by atoms with Crippen LogP contribution < -0.4 is 9.47 Å². The second-order valence-electron chi connectivity index (χ2n) is 4.90. The SMILES string of the molecule is CCCCCC/C(=C\c1ccc(OC)c(OC)c1)C(=O)O. The zero-order chi connectivity index (χ0) is 15.7. The predicted molar refractivity (Wildman–Crippen MR) is 83.9 cm³/mol. The van der Waals surface area contributed by atoms with Crippen molar-refractivity contribution in [2.45, 2.75) is 39.0 Å². The summed E-state index contributed by atoms with van der Waals surface area (Å²) in [7, 11) is 3.14. The van der Waals surface area contributed by atoms with Gasteiger partial charge in [-0.15, -0.1) is 0 Å². The molecule has 0 aliphatic carbocycles. The van der Waals surface area contributed by atoms with Crippen molar-refractivity contribution in [3.8, 4) is 11.5 Å². The van der Waals surface area contributed by atoms with Crippen molar-refractivity contribution in [2.75, 3.05) is 14.2 Å². The molecule has 4 nitrogen and oxygen atoms in total. The normalized spacial score (nSPS) is 11.3. The Hall–Kier alpha value is -1.97. The quantitative estimate of drug-likeness (QED) is 0.549. The van der Waals surface area contributed by atoms with Gasteiger partial charge in [0.2, 0.25) is 0 Å². The second-order valence-corrected chi connectivity index (χ2v) is 4.90. The van der Waals surface area contributed by atoms with E-state index in [0.717, 1.165) is 31.2 Å². The number of carboxylic acids is 1. The lowest BCUT2D eigenvalue weighted by molar-refractivity contribution is -0.132. The maximum Gasteiger partial charge on any atom is 0.331 e. The van der Waals surface area contributed by atoms with E-state index in [2.05, 4.69) is 6.92 Å². The molecule has 0 fully saturated rings. The van der Waals surface area contributed by atoms with Crippen molar-refractivity contribution in [3.63, 3.8) is 0 Å². The Labute approximate surface area is 126 Å². The maximum absolute atomic E-state index is 11.3. The minimum atomic E-state index is -0.860. The van der Waals surface area contributed by atoms with E-state index in [9.17, 15) is 9.90 Å². The fraction of sp³-hybridized carbons (Fsp3) is 0.471. The first-order valence-electron chi connectivity index (χ1n) is 7.28. The fourth-order valence-electron chi connectivity index (χ4n) is 2.13. The van der Waals surface area contributed by atoms with E-state index >= 15 is 0 Å². The standard InChI is InChI=1S/C17H24O4/c1-4-5-6-7-8-14(17(18)19)11-13-9-10-15(20-2)16(12-13)21-3/h9-12H,4-8H2,1-3H3,(H,18,19)/b14-11+. The maximum atomic E-state index is 11.3. The van der Waals surface area contributed by atoms with Crippen LogP contribution in [0.1, 0.15) is 44.6 Å². The van der Waals surface area contributed by atoms with E-state index in [4.69, 9.17) is 9.47 Å². The number of carbonyl (C=O) groups is 1. The van der Waals surface area contributed by atoms with Crippen LogP contribution in [0.2, 0.25) is 0 Å². The largest absolute Gasteiger partial charge is 0.493 e. The van der Waals surface area contributed by atoms with Gasteiger partial charge in [-0.05, 0) is 36.6 Å². The van der Waals surface area contributed by atoms with Crippen LogP contribution in [-0.2, 0) is 4.79 Å². The second kappa shape index (κ2) is 9.06. The lowest BCUT2D eigenvalue weighted by Gasteiger charge is -2.08. The Kier molecular flexibility index (Phi) is 7.37. The highest BCUT2D eigenvalue weighted by molar-refractivity contribution is 5.92. The van der Waals surface area contributed by atoms with E-state index < -0.39 is 5.97 Å². The molecule has 0 radical (unpaired) electrons. The number of ether oxygens (including phenoxy) is 2. The number of hydrogen-bond acceptors (Lipinski definition) is 3. The van der Waals surface area contributed by atoms with Gasteiger partial charge in [-0.2, -0.15) is 0 Å². The first-order valence-corrected chi connectivity index (χ1v) is 7.28. The van der Waals surface area contributed by atoms with Gasteiger partial charge >= 0.3 is 5.97 Å². The highest BCUT2D eigenvalue weighted by atomic mass is 16.5. The number of unbranched alkanes of at least 4 members (excludes halogenated alkanes) is 3. The Morgan fingerprint density at radius 1 is 1.14 bits per heavy atom. The lowest BCUT2D eigenvalue weighted by Crippen LogP contribution is -2.00. The number of aliphatic carboxylic acids is 1. The van der Waals surface area contributed by atoms with Gasteiger partial charge in [0, 0.05) is 5.57 Å². The highest BCUT2D eigenvalue weighted by Gasteiger charge is 2.09. The first kappa shape index (κ1) is 17.1. The van der Waals surface area contributed by atoms with Crippen LogP contribution in [0.5, 0.6) is 11.5 Å². The van der Waals surface area contributed by atoms with Crippen LogP contribution >= 0.6 is 0 Å². The predicted octanol–water partition coefficient (Wildman–Crippen LogP) is 4.14. The van der Waals surface area contributed by atoms with Gasteiger partial charge in [0.1, 0.15) is 0 Å². The molecule has 0 heterocycles. The molecule has 4 heteroatoms. The summed E-state index contributed by atoms with van der Waals surface area (Å²) in [6, 6.07) is 5.39. The van der Waals surface area contributed by atoms with E-state index in [1.165, 1.54) is 0 Å². The monoisotopic (exact) mass is 292 g/mol. The van der Waals surface area contributed by atoms with Crippen LogP contribution in [0, 0.1) is 0 Å². The Morgan fingerprint density at radius 2 is 1.86 bits per heavy atom. The van der Waals surface area contributed by atoms with Gasteiger partial charge in [0.25, 0.3) is 0 Å². The Balaban J connectivity index is 2.87. The molecule has 0 aliphatic heterocycles. The molecule has 1 aromatic rings. The molecule has 0 saturated heterocycles. The average Bonchev–Trinajstić information content (AvgIpc) is 2.49. The molecule has 0 unspecified atom stereocenters. The highest BCUT2D eigenvalue weighted by Crippen LogP contribution is 2.28. The summed E-state index contributed by atoms with van der Waals surface area (Å²) in [6.07, 6.45) is 6.54. The third-order valence-corrected chi connectivity index (χ3v) is 3.32. The number of carboxylic acid groups (broad SMARTS) is 1. The van der Waals surface area contributed by atoms with Gasteiger partial charge in [0.05, 0.1) is 14.2 Å².